The van der Waals surface area contributed by atoms with Gasteiger partial charge in [-0.05, 0) is 153 Å². The van der Waals surface area contributed by atoms with Crippen LogP contribution in [0.3, 0.4) is 0 Å². The summed E-state index contributed by atoms with van der Waals surface area (Å²) in [6.07, 6.45) is 11.9. The van der Waals surface area contributed by atoms with Crippen molar-refractivity contribution >= 4 is 69.0 Å². The Balaban J connectivity index is 0.000000174. The summed E-state index contributed by atoms with van der Waals surface area (Å²) in [6.45, 7) is 22.4. The second kappa shape index (κ2) is 19.7. The molecule has 4 fully saturated rings. The van der Waals surface area contributed by atoms with Gasteiger partial charge in [0.1, 0.15) is 37.7 Å². The van der Waals surface area contributed by atoms with E-state index in [1.807, 2.05) is 47.3 Å². The van der Waals surface area contributed by atoms with Crippen LogP contribution >= 0.6 is 45.9 Å². The van der Waals surface area contributed by atoms with Gasteiger partial charge in [-0.15, -0.1) is 22.7 Å². The molecule has 4 aromatic heterocycles. The van der Waals surface area contributed by atoms with Crippen molar-refractivity contribution < 1.29 is 14.3 Å². The number of hydrogen-bond acceptors (Lipinski definition) is 9. The molecule has 0 unspecified atom stereocenters. The zero-order valence-corrected chi connectivity index (χ0v) is 44.8. The lowest BCUT2D eigenvalue weighted by Crippen LogP contribution is -2.41. The second-order valence-corrected chi connectivity index (χ2v) is 26.0. The molecule has 0 radical (unpaired) electrons. The van der Waals surface area contributed by atoms with Gasteiger partial charge in [-0.1, -0.05) is 76.9 Å². The summed E-state index contributed by atoms with van der Waals surface area (Å²) in [4.78, 5) is 48.0. The fraction of sp³-hybridized carbons (Fsp3) is 0.527. The van der Waals surface area contributed by atoms with Gasteiger partial charge in [-0.3, -0.25) is 4.79 Å². The SMILES string of the molecule is CC(C)(C)OC(=O)N1CCC(c2nc(-c3cc(C4CC4)cc(C(C)(C)C)c3)c(Cl)s2)CC1.CC(C)(C)c1cc(-c2nc(C3CCN(C(=O)Cn4cnc5cccnc54)CC3)sc2Cl)cc(C2CC2)c1. The largest absolute Gasteiger partial charge is 0.444 e. The highest BCUT2D eigenvalue weighted by molar-refractivity contribution is 7.16. The minimum atomic E-state index is -0.466. The number of thiazole rings is 2. The monoisotopic (exact) mass is 1010 g/mol. The van der Waals surface area contributed by atoms with Crippen molar-refractivity contribution in [1.29, 1.82) is 0 Å². The lowest BCUT2D eigenvalue weighted by molar-refractivity contribution is -0.132. The number of likely N-dealkylation sites (tertiary alicyclic amines) is 2. The lowest BCUT2D eigenvalue weighted by atomic mass is 9.84. The Kier molecular flexibility index (Phi) is 14.2. The van der Waals surface area contributed by atoms with Gasteiger partial charge in [-0.25, -0.2) is 24.7 Å². The van der Waals surface area contributed by atoms with Crippen LogP contribution in [0.2, 0.25) is 8.67 Å². The van der Waals surface area contributed by atoms with Gasteiger partial charge in [0.25, 0.3) is 0 Å². The maximum atomic E-state index is 13.0. The third kappa shape index (κ3) is 11.9. The first-order chi connectivity index (χ1) is 32.7. The third-order valence-electron chi connectivity index (χ3n) is 13.9. The highest BCUT2D eigenvalue weighted by Gasteiger charge is 2.33. The Morgan fingerprint density at radius 1 is 0.638 bits per heavy atom. The molecular formula is C55H67Cl2N7O3S2. The molecule has 2 aliphatic heterocycles. The first-order valence-corrected chi connectivity index (χ1v) is 27.2. The number of rotatable bonds is 8. The predicted molar refractivity (Wildman–Crippen MR) is 282 cm³/mol. The third-order valence-corrected chi connectivity index (χ3v) is 16.7. The molecule has 2 saturated carbocycles. The van der Waals surface area contributed by atoms with Gasteiger partial charge in [0.15, 0.2) is 5.65 Å². The predicted octanol–water partition coefficient (Wildman–Crippen LogP) is 14.5. The molecule has 0 bridgehead atoms. The molecule has 6 aromatic rings. The van der Waals surface area contributed by atoms with Crippen molar-refractivity contribution in [3.8, 4) is 22.5 Å². The van der Waals surface area contributed by atoms with E-state index >= 15 is 0 Å². The van der Waals surface area contributed by atoms with Crippen molar-refractivity contribution in [2.75, 3.05) is 26.2 Å². The van der Waals surface area contributed by atoms with Gasteiger partial charge >= 0.3 is 6.09 Å². The Bertz CT molecular complexity index is 2820. The normalized spacial score (nSPS) is 17.6. The fourth-order valence-electron chi connectivity index (χ4n) is 9.36. The van der Waals surface area contributed by atoms with Gasteiger partial charge in [0.05, 0.1) is 16.3 Å². The number of aromatic nitrogens is 5. The standard InChI is InChI=1S/C29H32ClN5OS.C26H35ClN2O2S/c1-29(2,3)22-14-20(18-6-7-18)13-21(15-22)25-26(30)37-28(33-25)19-8-11-34(12-9-19)24(36)16-35-17-32-23-5-4-10-31-27(23)35;1-25(2,3)20-14-18(16-7-8-16)13-19(15-20)21-22(27)32-23(28-21)17-9-11-29(12-10-17)24(30)31-26(4,5)6/h4-5,10,13-15,17-19H,6-9,11-12,16H2,1-3H3;13-17H,7-12H2,1-6H3. The van der Waals surface area contributed by atoms with E-state index in [2.05, 4.69) is 87.9 Å². The van der Waals surface area contributed by atoms with Crippen molar-refractivity contribution in [2.45, 2.75) is 160 Å². The summed E-state index contributed by atoms with van der Waals surface area (Å²) in [5, 5.41) is 2.18. The molecule has 366 valence electrons. The van der Waals surface area contributed by atoms with E-state index in [4.69, 9.17) is 37.9 Å². The molecule has 69 heavy (non-hydrogen) atoms. The second-order valence-electron chi connectivity index (χ2n) is 22.7. The molecule has 10 rings (SSSR count). The number of pyridine rings is 1. The number of benzene rings is 2. The van der Waals surface area contributed by atoms with E-state index in [0.717, 1.165) is 91.1 Å². The number of ether oxygens (including phenoxy) is 1. The molecule has 4 aliphatic rings. The topological polar surface area (TPSA) is 106 Å². The zero-order valence-electron chi connectivity index (χ0n) is 41.7. The summed E-state index contributed by atoms with van der Waals surface area (Å²) in [6, 6.07) is 17.6. The van der Waals surface area contributed by atoms with Crippen molar-refractivity contribution in [3.63, 3.8) is 0 Å². The molecular weight excluding hydrogens is 942 g/mol. The van der Waals surface area contributed by atoms with Crippen molar-refractivity contribution in [3.05, 3.63) is 102 Å². The summed E-state index contributed by atoms with van der Waals surface area (Å²) in [5.41, 5.74) is 10.9. The molecule has 2 aliphatic carbocycles. The summed E-state index contributed by atoms with van der Waals surface area (Å²) in [5.74, 6) is 2.12. The van der Waals surface area contributed by atoms with E-state index in [9.17, 15) is 9.59 Å². The van der Waals surface area contributed by atoms with Gasteiger partial charge in [0.2, 0.25) is 5.91 Å². The summed E-state index contributed by atoms with van der Waals surface area (Å²) in [7, 11) is 0. The van der Waals surface area contributed by atoms with Gasteiger partial charge in [0, 0.05) is 55.3 Å². The quantitative estimate of drug-likeness (QED) is 0.149. The Morgan fingerprint density at radius 3 is 1.57 bits per heavy atom. The number of hydrogen-bond donors (Lipinski definition) is 0. The average molecular weight is 1010 g/mol. The zero-order chi connectivity index (χ0) is 49.0. The molecule has 2 saturated heterocycles. The van der Waals surface area contributed by atoms with Crippen LogP contribution in [0, 0.1) is 0 Å². The van der Waals surface area contributed by atoms with Crippen LogP contribution in [0.15, 0.2) is 61.1 Å². The van der Waals surface area contributed by atoms with Crippen LogP contribution in [0.1, 0.15) is 170 Å². The fourth-order valence-corrected chi connectivity index (χ4v) is 12.1. The van der Waals surface area contributed by atoms with Crippen molar-refractivity contribution in [1.82, 2.24) is 34.3 Å². The van der Waals surface area contributed by atoms with E-state index in [0.29, 0.717) is 36.8 Å². The summed E-state index contributed by atoms with van der Waals surface area (Å²) >= 11 is 16.7. The van der Waals surface area contributed by atoms with E-state index in [1.165, 1.54) is 47.9 Å². The first kappa shape index (κ1) is 49.6. The molecule has 10 nitrogen and oxygen atoms in total. The minimum absolute atomic E-state index is 0.0728. The Morgan fingerprint density at radius 2 is 1.12 bits per heavy atom. The highest BCUT2D eigenvalue weighted by Crippen LogP contribution is 2.47. The Labute approximate surface area is 426 Å². The van der Waals surface area contributed by atoms with E-state index in [1.54, 1.807) is 35.2 Å². The number of halogens is 2. The smallest absolute Gasteiger partial charge is 0.410 e. The number of amides is 2. The van der Waals surface area contributed by atoms with Crippen LogP contribution in [-0.2, 0) is 26.9 Å². The number of nitrogens with zero attached hydrogens (tertiary/aromatic N) is 7. The Hall–Kier alpha value is -4.36. The molecule has 0 N–H and O–H groups in total. The van der Waals surface area contributed by atoms with Crippen LogP contribution in [0.4, 0.5) is 4.79 Å². The van der Waals surface area contributed by atoms with Gasteiger partial charge < -0.3 is 19.1 Å². The van der Waals surface area contributed by atoms with Crippen molar-refractivity contribution in [2.24, 2.45) is 0 Å². The molecule has 0 atom stereocenters. The summed E-state index contributed by atoms with van der Waals surface area (Å²) < 4.78 is 8.89. The van der Waals surface area contributed by atoms with E-state index < -0.39 is 5.60 Å². The van der Waals surface area contributed by atoms with Crippen LogP contribution in [-0.4, -0.2) is 78.1 Å². The lowest BCUT2D eigenvalue weighted by Gasteiger charge is -2.32. The number of imidazole rings is 1. The van der Waals surface area contributed by atoms with E-state index in [-0.39, 0.29) is 29.4 Å². The maximum absolute atomic E-state index is 13.0. The van der Waals surface area contributed by atoms with Crippen LogP contribution in [0.5, 0.6) is 0 Å². The van der Waals surface area contributed by atoms with Gasteiger partial charge in [-0.2, -0.15) is 0 Å². The van der Waals surface area contributed by atoms with Crippen LogP contribution < -0.4 is 0 Å². The number of piperidine rings is 2. The first-order valence-electron chi connectivity index (χ1n) is 24.8. The highest BCUT2D eigenvalue weighted by atomic mass is 35.5. The molecule has 0 spiro atoms. The minimum Gasteiger partial charge on any atom is -0.444 e. The number of carbonyl (C=O) groups excluding carboxylic acids is 2. The number of fused-ring (bicyclic) bond motifs is 1. The molecule has 6 heterocycles. The average Bonchev–Trinajstić information content (AvgIpc) is 4.23. The number of carbonyl (C=O) groups is 2. The molecule has 2 aromatic carbocycles. The van der Waals surface area contributed by atoms with Crippen LogP contribution in [0.25, 0.3) is 33.7 Å². The molecule has 2 amide bonds. The molecule has 14 heteroatoms. The maximum Gasteiger partial charge on any atom is 0.410 e.